The Bertz CT molecular complexity index is 1160. The molecular formula is C23H30N4O4S. The summed E-state index contributed by atoms with van der Waals surface area (Å²) in [5.74, 6) is 0.442. The molecule has 8 nitrogen and oxygen atoms in total. The molecule has 2 heterocycles. The number of carbonyl (C=O) groups is 1. The van der Waals surface area contributed by atoms with E-state index in [2.05, 4.69) is 9.97 Å². The van der Waals surface area contributed by atoms with E-state index in [9.17, 15) is 13.2 Å². The number of imidazole rings is 1. The number of fused-ring (bicyclic) bond motifs is 1. The molecule has 32 heavy (non-hydrogen) atoms. The molecule has 0 aliphatic carbocycles. The number of hydrogen-bond donors (Lipinski definition) is 0. The summed E-state index contributed by atoms with van der Waals surface area (Å²) in [6.07, 6.45) is 5.74. The Morgan fingerprint density at radius 2 is 1.94 bits per heavy atom. The Balaban J connectivity index is 1.59. The summed E-state index contributed by atoms with van der Waals surface area (Å²) >= 11 is 0. The van der Waals surface area contributed by atoms with Gasteiger partial charge in [0, 0.05) is 39.0 Å². The van der Waals surface area contributed by atoms with Gasteiger partial charge in [0.25, 0.3) is 0 Å². The molecule has 0 saturated heterocycles. The fraction of sp³-hybridized carbons (Fsp3) is 0.435. The van der Waals surface area contributed by atoms with E-state index in [0.29, 0.717) is 37.5 Å². The van der Waals surface area contributed by atoms with Gasteiger partial charge in [-0.2, -0.15) is 4.31 Å². The number of hydrogen-bond acceptors (Lipinski definition) is 6. The van der Waals surface area contributed by atoms with E-state index < -0.39 is 10.0 Å². The Morgan fingerprint density at radius 3 is 2.62 bits per heavy atom. The largest absolute Gasteiger partial charge is 0.466 e. The Kier molecular flexibility index (Phi) is 7.98. The van der Waals surface area contributed by atoms with Gasteiger partial charge in [-0.25, -0.2) is 13.4 Å². The number of rotatable bonds is 11. The Morgan fingerprint density at radius 1 is 1.16 bits per heavy atom. The zero-order valence-corrected chi connectivity index (χ0v) is 19.6. The molecule has 2 aromatic heterocycles. The second kappa shape index (κ2) is 10.7. The lowest BCUT2D eigenvalue weighted by molar-refractivity contribution is -0.143. The normalized spacial score (nSPS) is 11.9. The minimum absolute atomic E-state index is 0.217. The van der Waals surface area contributed by atoms with Gasteiger partial charge in [0.1, 0.15) is 5.82 Å². The topological polar surface area (TPSA) is 94.4 Å². The minimum atomic E-state index is -3.55. The summed E-state index contributed by atoms with van der Waals surface area (Å²) in [5, 5.41) is 0. The molecule has 0 spiro atoms. The van der Waals surface area contributed by atoms with Crippen LogP contribution in [0.5, 0.6) is 0 Å². The van der Waals surface area contributed by atoms with Crippen molar-refractivity contribution in [3.05, 3.63) is 54.1 Å². The van der Waals surface area contributed by atoms with Crippen LogP contribution in [0.25, 0.3) is 11.0 Å². The van der Waals surface area contributed by atoms with Crippen LogP contribution in [-0.4, -0.2) is 52.9 Å². The van der Waals surface area contributed by atoms with Crippen molar-refractivity contribution < 1.29 is 17.9 Å². The van der Waals surface area contributed by atoms with Crippen LogP contribution in [0.1, 0.15) is 38.1 Å². The fourth-order valence-electron chi connectivity index (χ4n) is 3.62. The van der Waals surface area contributed by atoms with Crippen LogP contribution in [-0.2, 0) is 39.4 Å². The number of sulfonamides is 1. The molecule has 0 unspecified atom stereocenters. The first kappa shape index (κ1) is 23.9. The molecule has 0 saturated carbocycles. The van der Waals surface area contributed by atoms with Crippen LogP contribution < -0.4 is 0 Å². The second-order valence-electron chi connectivity index (χ2n) is 7.51. The van der Waals surface area contributed by atoms with Crippen molar-refractivity contribution in [2.75, 3.05) is 19.7 Å². The molecule has 0 aliphatic rings. The number of nitrogens with zero attached hydrogens (tertiary/aromatic N) is 4. The standard InChI is InChI=1S/C23H30N4O4S/c1-4-27(5-2)32(29,30)19-10-11-21-20(16-19)25-22(26(21)3)12-13-23(28)31-15-7-9-18-8-6-14-24-17-18/h6,8,10-11,14,16-17H,4-5,7,9,12-13,15H2,1-3H3. The molecule has 0 atom stereocenters. The van der Waals surface area contributed by atoms with Gasteiger partial charge in [0.05, 0.1) is 29.0 Å². The van der Waals surface area contributed by atoms with Crippen LogP contribution in [0.15, 0.2) is 47.6 Å². The molecule has 0 fully saturated rings. The summed E-state index contributed by atoms with van der Waals surface area (Å²) in [6.45, 7) is 4.82. The predicted molar refractivity (Wildman–Crippen MR) is 123 cm³/mol. The molecule has 3 rings (SSSR count). The number of carbonyl (C=O) groups excluding carboxylic acids is 1. The highest BCUT2D eigenvalue weighted by Gasteiger charge is 2.22. The summed E-state index contributed by atoms with van der Waals surface area (Å²) < 4.78 is 34.2. The molecule has 0 amide bonds. The second-order valence-corrected chi connectivity index (χ2v) is 9.45. The van der Waals surface area contributed by atoms with Gasteiger partial charge in [-0.05, 0) is 42.7 Å². The van der Waals surface area contributed by atoms with Crippen molar-refractivity contribution in [3.63, 3.8) is 0 Å². The third-order valence-corrected chi connectivity index (χ3v) is 7.48. The quantitative estimate of drug-likeness (QED) is 0.324. The van der Waals surface area contributed by atoms with Crippen molar-refractivity contribution in [3.8, 4) is 0 Å². The van der Waals surface area contributed by atoms with Gasteiger partial charge in [-0.3, -0.25) is 9.78 Å². The zero-order valence-electron chi connectivity index (χ0n) is 18.8. The predicted octanol–water partition coefficient (Wildman–Crippen LogP) is 3.11. The molecule has 9 heteroatoms. The monoisotopic (exact) mass is 458 g/mol. The van der Waals surface area contributed by atoms with Crippen LogP contribution in [0, 0.1) is 0 Å². The van der Waals surface area contributed by atoms with Gasteiger partial charge < -0.3 is 9.30 Å². The van der Waals surface area contributed by atoms with E-state index in [0.717, 1.165) is 23.9 Å². The third-order valence-electron chi connectivity index (χ3n) is 5.44. The van der Waals surface area contributed by atoms with Crippen molar-refractivity contribution in [2.24, 2.45) is 7.05 Å². The number of ether oxygens (including phenoxy) is 1. The number of pyridine rings is 1. The van der Waals surface area contributed by atoms with Gasteiger partial charge >= 0.3 is 5.97 Å². The first-order valence-electron chi connectivity index (χ1n) is 10.9. The van der Waals surface area contributed by atoms with Crippen LogP contribution >= 0.6 is 0 Å². The molecule has 3 aromatic rings. The summed E-state index contributed by atoms with van der Waals surface area (Å²) in [4.78, 5) is 21.0. The average Bonchev–Trinajstić information content (AvgIpc) is 3.11. The van der Waals surface area contributed by atoms with Crippen molar-refractivity contribution in [1.82, 2.24) is 18.8 Å². The maximum Gasteiger partial charge on any atom is 0.306 e. The van der Waals surface area contributed by atoms with Crippen molar-refractivity contribution in [2.45, 2.75) is 44.4 Å². The van der Waals surface area contributed by atoms with Crippen molar-refractivity contribution in [1.29, 1.82) is 0 Å². The highest BCUT2D eigenvalue weighted by molar-refractivity contribution is 7.89. The molecule has 0 radical (unpaired) electrons. The van der Waals surface area contributed by atoms with E-state index in [-0.39, 0.29) is 17.3 Å². The first-order valence-corrected chi connectivity index (χ1v) is 12.3. The lowest BCUT2D eigenvalue weighted by atomic mass is 10.2. The van der Waals surface area contributed by atoms with Gasteiger partial charge in [-0.1, -0.05) is 19.9 Å². The van der Waals surface area contributed by atoms with E-state index in [4.69, 9.17) is 4.74 Å². The average molecular weight is 459 g/mol. The minimum Gasteiger partial charge on any atom is -0.466 e. The van der Waals surface area contributed by atoms with Crippen molar-refractivity contribution >= 4 is 27.0 Å². The summed E-state index contributed by atoms with van der Waals surface area (Å²) in [7, 11) is -1.69. The zero-order chi connectivity index (χ0) is 23.1. The Hall–Kier alpha value is -2.78. The Labute approximate surface area is 189 Å². The number of benzene rings is 1. The number of aryl methyl sites for hydroxylation is 3. The van der Waals surface area contributed by atoms with Gasteiger partial charge in [-0.15, -0.1) is 0 Å². The van der Waals surface area contributed by atoms with E-state index in [1.807, 2.05) is 43.8 Å². The van der Waals surface area contributed by atoms with E-state index in [1.54, 1.807) is 24.4 Å². The fourth-order valence-corrected chi connectivity index (χ4v) is 5.10. The van der Waals surface area contributed by atoms with Crippen LogP contribution in [0.3, 0.4) is 0 Å². The summed E-state index contributed by atoms with van der Waals surface area (Å²) in [6, 6.07) is 8.86. The molecular weight excluding hydrogens is 428 g/mol. The number of aromatic nitrogens is 3. The van der Waals surface area contributed by atoms with Gasteiger partial charge in [0.2, 0.25) is 10.0 Å². The maximum absolute atomic E-state index is 12.8. The lowest BCUT2D eigenvalue weighted by Gasteiger charge is -2.18. The smallest absolute Gasteiger partial charge is 0.306 e. The molecule has 172 valence electrons. The summed E-state index contributed by atoms with van der Waals surface area (Å²) in [5.41, 5.74) is 2.54. The SMILES string of the molecule is CCN(CC)S(=O)(=O)c1ccc2c(c1)nc(CCC(=O)OCCCc1cccnc1)n2C. The van der Waals surface area contributed by atoms with E-state index >= 15 is 0 Å². The molecule has 0 N–H and O–H groups in total. The first-order chi connectivity index (χ1) is 15.4. The highest BCUT2D eigenvalue weighted by Crippen LogP contribution is 2.22. The van der Waals surface area contributed by atoms with E-state index in [1.165, 1.54) is 4.31 Å². The van der Waals surface area contributed by atoms with Crippen LogP contribution in [0.4, 0.5) is 0 Å². The van der Waals surface area contributed by atoms with Crippen LogP contribution in [0.2, 0.25) is 0 Å². The maximum atomic E-state index is 12.8. The number of esters is 1. The molecule has 0 bridgehead atoms. The lowest BCUT2D eigenvalue weighted by Crippen LogP contribution is -2.30. The molecule has 1 aromatic carbocycles. The highest BCUT2D eigenvalue weighted by atomic mass is 32.2. The third kappa shape index (κ3) is 5.52. The molecule has 0 aliphatic heterocycles. The van der Waals surface area contributed by atoms with Gasteiger partial charge in [0.15, 0.2) is 0 Å².